The van der Waals surface area contributed by atoms with Gasteiger partial charge in [-0.15, -0.1) is 10.2 Å². The lowest BCUT2D eigenvalue weighted by Gasteiger charge is -2.04. The smallest absolute Gasteiger partial charge is 0.230 e. The van der Waals surface area contributed by atoms with Crippen LogP contribution >= 0.6 is 34.7 Å². The molecule has 0 atom stereocenters. The Labute approximate surface area is 154 Å². The molecule has 130 valence electrons. The number of carbonyl (C=O) groups is 1. The van der Waals surface area contributed by atoms with E-state index in [0.717, 1.165) is 22.0 Å². The van der Waals surface area contributed by atoms with E-state index >= 15 is 0 Å². The van der Waals surface area contributed by atoms with Gasteiger partial charge < -0.3 is 15.4 Å². The van der Waals surface area contributed by atoms with Gasteiger partial charge in [-0.25, -0.2) is 0 Å². The Morgan fingerprint density at radius 1 is 1.42 bits per heavy atom. The van der Waals surface area contributed by atoms with Gasteiger partial charge in [0.1, 0.15) is 0 Å². The van der Waals surface area contributed by atoms with E-state index in [1.54, 1.807) is 7.11 Å². The average Bonchev–Trinajstić information content (AvgIpc) is 3.01. The number of halogens is 1. The van der Waals surface area contributed by atoms with Gasteiger partial charge in [0.15, 0.2) is 4.34 Å². The average molecular weight is 387 g/mol. The minimum absolute atomic E-state index is 0.0221. The van der Waals surface area contributed by atoms with Crippen molar-refractivity contribution < 1.29 is 9.53 Å². The standard InChI is InChI=1S/C15H19ClN4O2S2/c1-10-4-5-11(8-12(10)16)18-14-19-20-15(24-14)23-9-13(21)17-6-3-7-22-2/h4-5,8H,3,6-7,9H2,1-2H3,(H,17,21)(H,18,19). The maximum Gasteiger partial charge on any atom is 0.230 e. The molecule has 2 N–H and O–H groups in total. The molecule has 2 aromatic rings. The molecule has 0 saturated heterocycles. The van der Waals surface area contributed by atoms with Crippen molar-refractivity contribution in [2.45, 2.75) is 17.7 Å². The molecule has 1 aromatic carbocycles. The highest BCUT2D eigenvalue weighted by Crippen LogP contribution is 2.29. The molecule has 0 bridgehead atoms. The lowest BCUT2D eigenvalue weighted by Crippen LogP contribution is -2.26. The highest BCUT2D eigenvalue weighted by Gasteiger charge is 2.08. The summed E-state index contributed by atoms with van der Waals surface area (Å²) in [5.41, 5.74) is 1.88. The van der Waals surface area contributed by atoms with Crippen molar-refractivity contribution in [2.24, 2.45) is 0 Å². The zero-order valence-corrected chi connectivity index (χ0v) is 15.9. The van der Waals surface area contributed by atoms with Crippen LogP contribution in [0.4, 0.5) is 10.8 Å². The largest absolute Gasteiger partial charge is 0.385 e. The third-order valence-electron chi connectivity index (χ3n) is 3.00. The Balaban J connectivity index is 1.78. The number of rotatable bonds is 9. The summed E-state index contributed by atoms with van der Waals surface area (Å²) in [6, 6.07) is 5.72. The van der Waals surface area contributed by atoms with Crippen LogP contribution in [-0.2, 0) is 9.53 Å². The predicted octanol–water partition coefficient (Wildman–Crippen LogP) is 3.49. The van der Waals surface area contributed by atoms with Gasteiger partial charge in [-0.2, -0.15) is 0 Å². The van der Waals surface area contributed by atoms with Gasteiger partial charge in [-0.3, -0.25) is 4.79 Å². The number of benzene rings is 1. The number of carbonyl (C=O) groups excluding carboxylic acids is 1. The molecule has 0 fully saturated rings. The molecular weight excluding hydrogens is 368 g/mol. The molecule has 1 heterocycles. The first-order chi connectivity index (χ1) is 11.6. The molecule has 0 spiro atoms. The van der Waals surface area contributed by atoms with Crippen molar-refractivity contribution in [3.8, 4) is 0 Å². The lowest BCUT2D eigenvalue weighted by atomic mass is 10.2. The van der Waals surface area contributed by atoms with E-state index in [4.69, 9.17) is 16.3 Å². The number of amides is 1. The number of nitrogens with one attached hydrogen (secondary N) is 2. The number of hydrogen-bond donors (Lipinski definition) is 2. The van der Waals surface area contributed by atoms with Crippen LogP contribution in [0.2, 0.25) is 5.02 Å². The second kappa shape index (κ2) is 9.83. The van der Waals surface area contributed by atoms with Crippen molar-refractivity contribution in [2.75, 3.05) is 31.3 Å². The van der Waals surface area contributed by atoms with Crippen molar-refractivity contribution >= 4 is 51.4 Å². The molecule has 0 radical (unpaired) electrons. The summed E-state index contributed by atoms with van der Waals surface area (Å²) < 4.78 is 5.67. The third-order valence-corrected chi connectivity index (χ3v) is 5.38. The molecule has 0 aliphatic heterocycles. The maximum atomic E-state index is 11.7. The molecule has 2 rings (SSSR count). The Morgan fingerprint density at radius 3 is 3.00 bits per heavy atom. The number of aryl methyl sites for hydroxylation is 1. The number of hydrogen-bond acceptors (Lipinski definition) is 7. The molecule has 9 heteroatoms. The van der Waals surface area contributed by atoms with Crippen LogP contribution in [0.5, 0.6) is 0 Å². The van der Waals surface area contributed by atoms with Crippen LogP contribution in [0.3, 0.4) is 0 Å². The van der Waals surface area contributed by atoms with E-state index in [0.29, 0.717) is 29.1 Å². The zero-order valence-electron chi connectivity index (χ0n) is 13.5. The van der Waals surface area contributed by atoms with E-state index in [1.807, 2.05) is 25.1 Å². The van der Waals surface area contributed by atoms with Gasteiger partial charge in [0.2, 0.25) is 11.0 Å². The van der Waals surface area contributed by atoms with Crippen molar-refractivity contribution in [1.29, 1.82) is 0 Å². The van der Waals surface area contributed by atoms with Gasteiger partial charge >= 0.3 is 0 Å². The Morgan fingerprint density at radius 2 is 2.25 bits per heavy atom. The number of methoxy groups -OCH3 is 1. The van der Waals surface area contributed by atoms with E-state index < -0.39 is 0 Å². The summed E-state index contributed by atoms with van der Waals surface area (Å²) in [6.45, 7) is 3.21. The van der Waals surface area contributed by atoms with Crippen LogP contribution < -0.4 is 10.6 Å². The normalized spacial score (nSPS) is 10.6. The zero-order chi connectivity index (χ0) is 17.4. The maximum absolute atomic E-state index is 11.7. The van der Waals surface area contributed by atoms with Crippen LogP contribution in [-0.4, -0.2) is 42.1 Å². The van der Waals surface area contributed by atoms with Gasteiger partial charge in [-0.1, -0.05) is 40.8 Å². The Kier molecular flexibility index (Phi) is 7.77. The number of aromatic nitrogens is 2. The topological polar surface area (TPSA) is 76.1 Å². The summed E-state index contributed by atoms with van der Waals surface area (Å²) in [5, 5.41) is 15.5. The molecule has 0 unspecified atom stereocenters. The molecule has 1 amide bonds. The highest BCUT2D eigenvalue weighted by atomic mass is 35.5. The van der Waals surface area contributed by atoms with Crippen LogP contribution in [0, 0.1) is 6.92 Å². The minimum Gasteiger partial charge on any atom is -0.385 e. The van der Waals surface area contributed by atoms with E-state index in [1.165, 1.54) is 23.1 Å². The summed E-state index contributed by atoms with van der Waals surface area (Å²) in [6.07, 6.45) is 0.804. The fraction of sp³-hybridized carbons (Fsp3) is 0.400. The Hall–Kier alpha value is -1.35. The fourth-order valence-corrected chi connectivity index (χ4v) is 3.52. The first-order valence-corrected chi connectivity index (χ1v) is 9.51. The SMILES string of the molecule is COCCCNC(=O)CSc1nnc(Nc2ccc(C)c(Cl)c2)s1. The van der Waals surface area contributed by atoms with Crippen LogP contribution in [0.25, 0.3) is 0 Å². The van der Waals surface area contributed by atoms with Crippen molar-refractivity contribution in [1.82, 2.24) is 15.5 Å². The molecule has 0 saturated carbocycles. The lowest BCUT2D eigenvalue weighted by molar-refractivity contribution is -0.118. The predicted molar refractivity (Wildman–Crippen MR) is 99.6 cm³/mol. The van der Waals surface area contributed by atoms with E-state index in [2.05, 4.69) is 20.8 Å². The van der Waals surface area contributed by atoms with E-state index in [9.17, 15) is 4.79 Å². The third kappa shape index (κ3) is 6.27. The number of anilines is 2. The van der Waals surface area contributed by atoms with E-state index in [-0.39, 0.29) is 5.91 Å². The quantitative estimate of drug-likeness (QED) is 0.507. The molecular formula is C15H19ClN4O2S2. The fourth-order valence-electron chi connectivity index (χ4n) is 1.74. The van der Waals surface area contributed by atoms with Gasteiger partial charge in [0, 0.05) is 31.0 Å². The van der Waals surface area contributed by atoms with Gasteiger partial charge in [0.25, 0.3) is 0 Å². The van der Waals surface area contributed by atoms with Gasteiger partial charge in [0.05, 0.1) is 5.75 Å². The monoisotopic (exact) mass is 386 g/mol. The number of ether oxygens (including phenoxy) is 1. The second-order valence-corrected chi connectivity index (χ2v) is 7.55. The molecule has 0 aliphatic carbocycles. The van der Waals surface area contributed by atoms with Crippen LogP contribution in [0.1, 0.15) is 12.0 Å². The molecule has 6 nitrogen and oxygen atoms in total. The first kappa shape index (κ1) is 19.0. The summed E-state index contributed by atoms with van der Waals surface area (Å²) in [4.78, 5) is 11.7. The van der Waals surface area contributed by atoms with Gasteiger partial charge in [-0.05, 0) is 31.0 Å². The summed E-state index contributed by atoms with van der Waals surface area (Å²) in [5.74, 6) is 0.295. The van der Waals surface area contributed by atoms with Crippen LogP contribution in [0.15, 0.2) is 22.5 Å². The molecule has 0 aliphatic rings. The first-order valence-electron chi connectivity index (χ1n) is 7.33. The molecule has 1 aromatic heterocycles. The minimum atomic E-state index is -0.0221. The van der Waals surface area contributed by atoms with Crippen molar-refractivity contribution in [3.05, 3.63) is 28.8 Å². The van der Waals surface area contributed by atoms with Crippen molar-refractivity contribution in [3.63, 3.8) is 0 Å². The molecule has 24 heavy (non-hydrogen) atoms. The summed E-state index contributed by atoms with van der Waals surface area (Å²) >= 11 is 8.87. The Bertz CT molecular complexity index is 681. The number of thioether (sulfide) groups is 1. The summed E-state index contributed by atoms with van der Waals surface area (Å²) in [7, 11) is 1.64. The highest BCUT2D eigenvalue weighted by molar-refractivity contribution is 8.01. The number of nitrogens with zero attached hydrogens (tertiary/aromatic N) is 2. The second-order valence-electron chi connectivity index (χ2n) is 4.95.